The molecule has 0 radical (unpaired) electrons. The minimum atomic E-state index is 0.0274. The fourth-order valence-electron chi connectivity index (χ4n) is 2.47. The van der Waals surface area contributed by atoms with Crippen LogP contribution in [0.2, 0.25) is 0 Å². The molecule has 0 bridgehead atoms. The van der Waals surface area contributed by atoms with E-state index >= 15 is 0 Å². The maximum absolute atomic E-state index is 12.1. The van der Waals surface area contributed by atoms with Crippen molar-refractivity contribution in [2.24, 2.45) is 0 Å². The van der Waals surface area contributed by atoms with Gasteiger partial charge in [0.25, 0.3) is 0 Å². The van der Waals surface area contributed by atoms with Crippen molar-refractivity contribution in [1.29, 1.82) is 0 Å². The predicted molar refractivity (Wildman–Crippen MR) is 86.9 cm³/mol. The molecule has 0 aliphatic heterocycles. The van der Waals surface area contributed by atoms with Gasteiger partial charge in [0.2, 0.25) is 5.91 Å². The first kappa shape index (κ1) is 15.1. The molecular weight excluding hydrogens is 260 g/mol. The molecular formula is C18H22N2O. The zero-order valence-electron chi connectivity index (χ0n) is 12.6. The van der Waals surface area contributed by atoms with Crippen LogP contribution in [0.5, 0.6) is 0 Å². The van der Waals surface area contributed by atoms with Crippen molar-refractivity contribution in [3.8, 4) is 0 Å². The van der Waals surface area contributed by atoms with Gasteiger partial charge in [-0.15, -0.1) is 0 Å². The molecule has 0 aromatic heterocycles. The van der Waals surface area contributed by atoms with Gasteiger partial charge in [-0.2, -0.15) is 0 Å². The quantitative estimate of drug-likeness (QED) is 0.826. The zero-order chi connectivity index (χ0) is 15.2. The minimum Gasteiger partial charge on any atom is -0.399 e. The number of nitrogens with one attached hydrogen (secondary N) is 1. The van der Waals surface area contributed by atoms with E-state index in [2.05, 4.69) is 24.4 Å². The van der Waals surface area contributed by atoms with E-state index in [1.165, 1.54) is 5.56 Å². The highest BCUT2D eigenvalue weighted by Gasteiger charge is 2.11. The molecule has 0 heterocycles. The van der Waals surface area contributed by atoms with Gasteiger partial charge in [-0.1, -0.05) is 36.4 Å². The summed E-state index contributed by atoms with van der Waals surface area (Å²) in [6.45, 7) is 4.07. The van der Waals surface area contributed by atoms with Crippen LogP contribution in [0.3, 0.4) is 0 Å². The second-order valence-electron chi connectivity index (χ2n) is 5.39. The topological polar surface area (TPSA) is 55.1 Å². The van der Waals surface area contributed by atoms with Gasteiger partial charge >= 0.3 is 0 Å². The number of hydrogen-bond donors (Lipinski definition) is 2. The fraction of sp³-hybridized carbons (Fsp3) is 0.278. The summed E-state index contributed by atoms with van der Waals surface area (Å²) in [5.41, 5.74) is 9.92. The van der Waals surface area contributed by atoms with Gasteiger partial charge in [0.1, 0.15) is 0 Å². The highest BCUT2D eigenvalue weighted by molar-refractivity contribution is 5.76. The number of amides is 1. The van der Waals surface area contributed by atoms with Crippen molar-refractivity contribution in [1.82, 2.24) is 5.32 Å². The number of aryl methyl sites for hydroxylation is 2. The van der Waals surface area contributed by atoms with Crippen molar-refractivity contribution < 1.29 is 4.79 Å². The van der Waals surface area contributed by atoms with E-state index in [9.17, 15) is 4.79 Å². The lowest BCUT2D eigenvalue weighted by Gasteiger charge is -2.16. The Kier molecular flexibility index (Phi) is 4.99. The van der Waals surface area contributed by atoms with E-state index < -0.39 is 0 Å². The fourth-order valence-corrected chi connectivity index (χ4v) is 2.47. The molecule has 1 amide bonds. The summed E-state index contributed by atoms with van der Waals surface area (Å²) in [5, 5.41) is 3.05. The Morgan fingerprint density at radius 2 is 1.95 bits per heavy atom. The van der Waals surface area contributed by atoms with Crippen LogP contribution in [-0.2, 0) is 11.2 Å². The summed E-state index contributed by atoms with van der Waals surface area (Å²) in [4.78, 5) is 12.1. The Morgan fingerprint density at radius 1 is 1.19 bits per heavy atom. The first-order chi connectivity index (χ1) is 10.1. The van der Waals surface area contributed by atoms with Crippen LogP contribution in [0.15, 0.2) is 48.5 Å². The van der Waals surface area contributed by atoms with Crippen LogP contribution < -0.4 is 11.1 Å². The van der Waals surface area contributed by atoms with Gasteiger partial charge in [0.05, 0.1) is 6.04 Å². The maximum atomic E-state index is 12.1. The largest absolute Gasteiger partial charge is 0.399 e. The molecule has 2 aromatic rings. The normalized spacial score (nSPS) is 11.9. The number of hydrogen-bond acceptors (Lipinski definition) is 2. The number of nitrogen functional groups attached to an aromatic ring is 1. The summed E-state index contributed by atoms with van der Waals surface area (Å²) in [6, 6.07) is 15.8. The Morgan fingerprint density at radius 3 is 2.67 bits per heavy atom. The number of rotatable bonds is 5. The van der Waals surface area contributed by atoms with Crippen LogP contribution >= 0.6 is 0 Å². The standard InChI is InChI=1S/C18H22N2O/c1-13-6-3-4-9-17(13)14(2)20-18(21)11-10-15-7-5-8-16(19)12-15/h3-9,12,14H,10-11,19H2,1-2H3,(H,20,21). The van der Waals surface area contributed by atoms with Gasteiger partial charge in [-0.05, 0) is 49.1 Å². The highest BCUT2D eigenvalue weighted by Crippen LogP contribution is 2.17. The third-order valence-corrected chi connectivity index (χ3v) is 3.62. The van der Waals surface area contributed by atoms with Crippen LogP contribution in [-0.4, -0.2) is 5.91 Å². The SMILES string of the molecule is Cc1ccccc1C(C)NC(=O)CCc1cccc(N)c1. The van der Waals surface area contributed by atoms with Crippen molar-refractivity contribution >= 4 is 11.6 Å². The van der Waals surface area contributed by atoms with E-state index in [-0.39, 0.29) is 11.9 Å². The third-order valence-electron chi connectivity index (χ3n) is 3.62. The molecule has 21 heavy (non-hydrogen) atoms. The lowest BCUT2D eigenvalue weighted by atomic mass is 10.0. The molecule has 0 aliphatic rings. The Bertz CT molecular complexity index is 622. The van der Waals surface area contributed by atoms with E-state index in [0.717, 1.165) is 16.8 Å². The number of carbonyl (C=O) groups is 1. The monoisotopic (exact) mass is 282 g/mol. The summed E-state index contributed by atoms with van der Waals surface area (Å²) < 4.78 is 0. The molecule has 0 saturated carbocycles. The van der Waals surface area contributed by atoms with E-state index in [4.69, 9.17) is 5.73 Å². The van der Waals surface area contributed by atoms with Crippen LogP contribution in [0.4, 0.5) is 5.69 Å². The molecule has 2 aromatic carbocycles. The average Bonchev–Trinajstić information content (AvgIpc) is 2.45. The zero-order valence-corrected chi connectivity index (χ0v) is 12.6. The third kappa shape index (κ3) is 4.35. The number of nitrogens with two attached hydrogens (primary N) is 1. The van der Waals surface area contributed by atoms with Crippen molar-refractivity contribution in [3.63, 3.8) is 0 Å². The predicted octanol–water partition coefficient (Wildman–Crippen LogP) is 3.39. The Balaban J connectivity index is 1.89. The Labute approximate surface area is 126 Å². The van der Waals surface area contributed by atoms with Crippen LogP contribution in [0.1, 0.15) is 36.1 Å². The first-order valence-corrected chi connectivity index (χ1v) is 7.25. The molecule has 0 spiro atoms. The summed E-state index contributed by atoms with van der Waals surface area (Å²) in [7, 11) is 0. The van der Waals surface area contributed by atoms with Gasteiger partial charge in [-0.3, -0.25) is 4.79 Å². The van der Waals surface area contributed by atoms with Crippen molar-refractivity contribution in [2.75, 3.05) is 5.73 Å². The lowest BCUT2D eigenvalue weighted by molar-refractivity contribution is -0.121. The molecule has 2 rings (SSSR count). The molecule has 0 aliphatic carbocycles. The molecule has 1 atom stereocenters. The number of anilines is 1. The molecule has 1 unspecified atom stereocenters. The minimum absolute atomic E-state index is 0.0274. The maximum Gasteiger partial charge on any atom is 0.220 e. The molecule has 0 saturated heterocycles. The van der Waals surface area contributed by atoms with E-state index in [1.54, 1.807) is 0 Å². The number of benzene rings is 2. The second kappa shape index (κ2) is 6.93. The van der Waals surface area contributed by atoms with Gasteiger partial charge < -0.3 is 11.1 Å². The summed E-state index contributed by atoms with van der Waals surface area (Å²) >= 11 is 0. The number of carbonyl (C=O) groups excluding carboxylic acids is 1. The first-order valence-electron chi connectivity index (χ1n) is 7.25. The average molecular weight is 282 g/mol. The summed E-state index contributed by atoms with van der Waals surface area (Å²) in [6.07, 6.45) is 1.18. The molecule has 3 heteroatoms. The van der Waals surface area contributed by atoms with Gasteiger partial charge in [0, 0.05) is 12.1 Å². The molecule has 3 nitrogen and oxygen atoms in total. The van der Waals surface area contributed by atoms with Crippen molar-refractivity contribution in [3.05, 3.63) is 65.2 Å². The van der Waals surface area contributed by atoms with Crippen LogP contribution in [0, 0.1) is 6.92 Å². The Hall–Kier alpha value is -2.29. The van der Waals surface area contributed by atoms with Gasteiger partial charge in [-0.25, -0.2) is 0 Å². The second-order valence-corrected chi connectivity index (χ2v) is 5.39. The van der Waals surface area contributed by atoms with Crippen LogP contribution in [0.25, 0.3) is 0 Å². The molecule has 0 fully saturated rings. The molecule has 3 N–H and O–H groups in total. The lowest BCUT2D eigenvalue weighted by Crippen LogP contribution is -2.27. The van der Waals surface area contributed by atoms with E-state index in [0.29, 0.717) is 12.8 Å². The van der Waals surface area contributed by atoms with Gasteiger partial charge in [0.15, 0.2) is 0 Å². The molecule has 110 valence electrons. The van der Waals surface area contributed by atoms with Crippen molar-refractivity contribution in [2.45, 2.75) is 32.7 Å². The summed E-state index contributed by atoms with van der Waals surface area (Å²) in [5.74, 6) is 0.0631. The highest BCUT2D eigenvalue weighted by atomic mass is 16.1. The smallest absolute Gasteiger partial charge is 0.220 e. The van der Waals surface area contributed by atoms with E-state index in [1.807, 2.05) is 43.3 Å².